The Labute approximate surface area is 150 Å². The number of halogens is 3. The third-order valence-corrected chi connectivity index (χ3v) is 3.35. The van der Waals surface area contributed by atoms with E-state index in [-0.39, 0.29) is 11.6 Å². The fraction of sp³-hybridized carbons (Fsp3) is 0.118. The van der Waals surface area contributed by atoms with E-state index in [9.17, 15) is 22.8 Å². The van der Waals surface area contributed by atoms with Crippen LogP contribution >= 0.6 is 0 Å². The number of rotatable bonds is 6. The molecule has 0 bridgehead atoms. The average molecular weight is 379 g/mol. The number of nitrogens with one attached hydrogen (secondary N) is 1. The van der Waals surface area contributed by atoms with Crippen molar-refractivity contribution in [1.29, 1.82) is 0 Å². The number of amides is 1. The number of nitrogens with zero attached hydrogens (tertiary/aromatic N) is 2. The summed E-state index contributed by atoms with van der Waals surface area (Å²) < 4.78 is 47.1. The lowest BCUT2D eigenvalue weighted by atomic mass is 10.2. The molecule has 0 saturated carbocycles. The molecule has 0 aliphatic heterocycles. The molecule has 3 aromatic rings. The van der Waals surface area contributed by atoms with Gasteiger partial charge in [0.1, 0.15) is 18.1 Å². The zero-order valence-corrected chi connectivity index (χ0v) is 13.6. The van der Waals surface area contributed by atoms with Crippen molar-refractivity contribution < 1.29 is 27.1 Å². The molecule has 10 heteroatoms. The molecule has 0 radical (unpaired) electrons. The fourth-order valence-corrected chi connectivity index (χ4v) is 2.17. The van der Waals surface area contributed by atoms with E-state index in [4.69, 9.17) is 4.42 Å². The summed E-state index contributed by atoms with van der Waals surface area (Å²) in [5, 5.41) is 6.37. The molecule has 0 fully saturated rings. The second-order valence-electron chi connectivity index (χ2n) is 5.29. The Morgan fingerprint density at radius 2 is 1.81 bits per heavy atom. The quantitative estimate of drug-likeness (QED) is 0.712. The summed E-state index contributed by atoms with van der Waals surface area (Å²) in [6.07, 6.45) is 0. The number of ether oxygens (including phenoxy) is 1. The van der Waals surface area contributed by atoms with E-state index in [1.807, 2.05) is 0 Å². The van der Waals surface area contributed by atoms with Crippen molar-refractivity contribution in [3.63, 3.8) is 0 Å². The van der Waals surface area contributed by atoms with Crippen LogP contribution in [0.4, 0.5) is 18.9 Å². The first-order valence-corrected chi connectivity index (χ1v) is 7.59. The van der Waals surface area contributed by atoms with Gasteiger partial charge in [0.25, 0.3) is 0 Å². The minimum atomic E-state index is -2.94. The highest BCUT2D eigenvalue weighted by Gasteiger charge is 2.14. The Kier molecular flexibility index (Phi) is 5.25. The van der Waals surface area contributed by atoms with E-state index in [2.05, 4.69) is 15.2 Å². The third kappa shape index (κ3) is 4.75. The van der Waals surface area contributed by atoms with Crippen LogP contribution in [0.25, 0.3) is 11.5 Å². The SMILES string of the molecule is O=C(Cn1nc(-c2ccc(F)cc2)oc1=O)Nc1ccc(OC(F)F)cc1. The Morgan fingerprint density at radius 3 is 2.44 bits per heavy atom. The number of alkyl halides is 2. The summed E-state index contributed by atoms with van der Waals surface area (Å²) >= 11 is 0. The summed E-state index contributed by atoms with van der Waals surface area (Å²) in [7, 11) is 0. The summed E-state index contributed by atoms with van der Waals surface area (Å²) in [5.74, 6) is -2.01. The molecule has 0 saturated heterocycles. The second-order valence-corrected chi connectivity index (χ2v) is 5.29. The Bertz CT molecular complexity index is 982. The standard InChI is InChI=1S/C17H12F3N3O4/c18-11-3-1-10(2-4-11)15-22-23(17(25)27-15)9-14(24)21-12-5-7-13(8-6-12)26-16(19)20/h1-8,16H,9H2,(H,21,24). The number of benzene rings is 2. The van der Waals surface area contributed by atoms with Crippen molar-refractivity contribution >= 4 is 11.6 Å². The lowest BCUT2D eigenvalue weighted by Crippen LogP contribution is -2.25. The first-order chi connectivity index (χ1) is 12.9. The van der Waals surface area contributed by atoms with Gasteiger partial charge in [-0.05, 0) is 48.5 Å². The Balaban J connectivity index is 1.66. The van der Waals surface area contributed by atoms with Crippen LogP contribution in [0.5, 0.6) is 5.75 Å². The second kappa shape index (κ2) is 7.77. The van der Waals surface area contributed by atoms with Gasteiger partial charge in [-0.2, -0.15) is 13.5 Å². The first-order valence-electron chi connectivity index (χ1n) is 7.59. The van der Waals surface area contributed by atoms with Crippen molar-refractivity contribution in [2.75, 3.05) is 5.32 Å². The molecule has 1 N–H and O–H groups in total. The number of carbonyl (C=O) groups is 1. The van der Waals surface area contributed by atoms with E-state index < -0.39 is 30.6 Å². The molecule has 1 amide bonds. The molecule has 2 aromatic carbocycles. The molecule has 0 aliphatic rings. The van der Waals surface area contributed by atoms with Crippen molar-refractivity contribution in [3.05, 3.63) is 64.9 Å². The number of carbonyl (C=O) groups excluding carboxylic acids is 1. The van der Waals surface area contributed by atoms with Crippen LogP contribution in [0.1, 0.15) is 0 Å². The number of hydrogen-bond donors (Lipinski definition) is 1. The Morgan fingerprint density at radius 1 is 1.15 bits per heavy atom. The van der Waals surface area contributed by atoms with E-state index in [0.29, 0.717) is 11.3 Å². The van der Waals surface area contributed by atoms with Gasteiger partial charge in [-0.3, -0.25) is 4.79 Å². The first kappa shape index (κ1) is 18.2. The van der Waals surface area contributed by atoms with Gasteiger partial charge in [-0.15, -0.1) is 5.10 Å². The van der Waals surface area contributed by atoms with Gasteiger partial charge in [0.05, 0.1) is 0 Å². The predicted molar refractivity (Wildman–Crippen MR) is 87.9 cm³/mol. The monoisotopic (exact) mass is 379 g/mol. The van der Waals surface area contributed by atoms with Crippen molar-refractivity contribution in [2.24, 2.45) is 0 Å². The van der Waals surface area contributed by atoms with Crippen molar-refractivity contribution in [3.8, 4) is 17.2 Å². The van der Waals surface area contributed by atoms with Crippen LogP contribution in [0.15, 0.2) is 57.7 Å². The van der Waals surface area contributed by atoms with Gasteiger partial charge in [-0.25, -0.2) is 9.18 Å². The normalized spacial score (nSPS) is 10.8. The molecular weight excluding hydrogens is 367 g/mol. The van der Waals surface area contributed by atoms with Crippen LogP contribution in [-0.2, 0) is 11.3 Å². The van der Waals surface area contributed by atoms with E-state index in [0.717, 1.165) is 4.68 Å². The number of hydrogen-bond acceptors (Lipinski definition) is 5. The molecule has 0 aliphatic carbocycles. The lowest BCUT2D eigenvalue weighted by molar-refractivity contribution is -0.117. The Hall–Kier alpha value is -3.56. The van der Waals surface area contributed by atoms with E-state index >= 15 is 0 Å². The van der Waals surface area contributed by atoms with Crippen LogP contribution in [0, 0.1) is 5.82 Å². The zero-order chi connectivity index (χ0) is 19.4. The molecule has 7 nitrogen and oxygen atoms in total. The topological polar surface area (TPSA) is 86.4 Å². The van der Waals surface area contributed by atoms with Crippen LogP contribution in [0.2, 0.25) is 0 Å². The number of aromatic nitrogens is 2. The highest BCUT2D eigenvalue weighted by atomic mass is 19.3. The predicted octanol–water partition coefficient (Wildman–Crippen LogP) is 2.88. The molecule has 0 unspecified atom stereocenters. The molecule has 1 aromatic heterocycles. The maximum absolute atomic E-state index is 12.9. The maximum Gasteiger partial charge on any atom is 0.437 e. The van der Waals surface area contributed by atoms with Crippen molar-refractivity contribution in [1.82, 2.24) is 9.78 Å². The number of anilines is 1. The van der Waals surface area contributed by atoms with E-state index in [1.165, 1.54) is 48.5 Å². The summed E-state index contributed by atoms with van der Waals surface area (Å²) in [4.78, 5) is 23.8. The van der Waals surface area contributed by atoms with Crippen molar-refractivity contribution in [2.45, 2.75) is 13.2 Å². The molecule has 140 valence electrons. The highest BCUT2D eigenvalue weighted by molar-refractivity contribution is 5.90. The summed E-state index contributed by atoms with van der Waals surface area (Å²) in [6.45, 7) is -3.38. The van der Waals surface area contributed by atoms with Crippen LogP contribution in [-0.4, -0.2) is 22.3 Å². The maximum atomic E-state index is 12.9. The van der Waals surface area contributed by atoms with Crippen LogP contribution < -0.4 is 15.8 Å². The summed E-state index contributed by atoms with van der Waals surface area (Å²) in [5.41, 5.74) is 0.694. The molecule has 3 rings (SSSR count). The molecule has 0 spiro atoms. The molecule has 27 heavy (non-hydrogen) atoms. The zero-order valence-electron chi connectivity index (χ0n) is 13.6. The van der Waals surface area contributed by atoms with Gasteiger partial charge < -0.3 is 14.5 Å². The van der Waals surface area contributed by atoms with Gasteiger partial charge in [-0.1, -0.05) is 0 Å². The minimum absolute atomic E-state index is 0.0544. The average Bonchev–Trinajstić information content (AvgIpc) is 2.97. The highest BCUT2D eigenvalue weighted by Crippen LogP contribution is 2.18. The smallest absolute Gasteiger partial charge is 0.435 e. The summed E-state index contributed by atoms with van der Waals surface area (Å²) in [6, 6.07) is 10.4. The van der Waals surface area contributed by atoms with Gasteiger partial charge >= 0.3 is 12.4 Å². The fourth-order valence-electron chi connectivity index (χ4n) is 2.17. The lowest BCUT2D eigenvalue weighted by Gasteiger charge is -2.07. The third-order valence-electron chi connectivity index (χ3n) is 3.35. The van der Waals surface area contributed by atoms with Crippen LogP contribution in [0.3, 0.4) is 0 Å². The minimum Gasteiger partial charge on any atom is -0.435 e. The van der Waals surface area contributed by atoms with Gasteiger partial charge in [0, 0.05) is 11.3 Å². The molecule has 0 atom stereocenters. The van der Waals surface area contributed by atoms with E-state index in [1.54, 1.807) is 0 Å². The largest absolute Gasteiger partial charge is 0.437 e. The van der Waals surface area contributed by atoms with Gasteiger partial charge in [0.15, 0.2) is 0 Å². The van der Waals surface area contributed by atoms with Gasteiger partial charge in [0.2, 0.25) is 11.8 Å². The molecular formula is C17H12F3N3O4. The molecule has 1 heterocycles.